The molecule has 1 saturated heterocycles. The van der Waals surface area contributed by atoms with Gasteiger partial charge in [-0.25, -0.2) is 9.37 Å². The number of carbonyl (C=O) groups is 2. The van der Waals surface area contributed by atoms with Crippen molar-refractivity contribution in [3.8, 4) is 0 Å². The third-order valence-corrected chi connectivity index (χ3v) is 6.24. The van der Waals surface area contributed by atoms with Gasteiger partial charge in [0.15, 0.2) is 0 Å². The van der Waals surface area contributed by atoms with Crippen molar-refractivity contribution in [2.45, 2.75) is 31.8 Å². The summed E-state index contributed by atoms with van der Waals surface area (Å²) in [5, 5.41) is 0. The normalized spacial score (nSPS) is 17.7. The fourth-order valence-corrected chi connectivity index (χ4v) is 4.55. The van der Waals surface area contributed by atoms with Crippen LogP contribution in [0.5, 0.6) is 0 Å². The molecule has 168 valence electrons. The van der Waals surface area contributed by atoms with Crippen molar-refractivity contribution < 1.29 is 14.0 Å². The van der Waals surface area contributed by atoms with Crippen LogP contribution in [0.4, 0.5) is 4.39 Å². The second-order valence-electron chi connectivity index (χ2n) is 8.23. The second-order valence-corrected chi connectivity index (χ2v) is 8.23. The standard InChI is InChI=1S/C24H22FN5O3/c25-18-5-2-1-4-16(18)24(33)30-12-3-6-20(30)21-27-19-14-29(13-9-17(19)22(31)28-21)23(32)15-7-10-26-11-8-15/h1-2,4-5,7-8,10-11,20H,3,6,9,12-14H2,(H,27,28,31)/t20-/m1/s1. The Morgan fingerprint density at radius 2 is 1.85 bits per heavy atom. The number of nitrogens with one attached hydrogen (secondary N) is 1. The molecule has 0 bridgehead atoms. The average Bonchev–Trinajstić information content (AvgIpc) is 3.34. The fraction of sp³-hybridized carbons (Fsp3) is 0.292. The number of carbonyl (C=O) groups excluding carboxylic acids is 2. The van der Waals surface area contributed by atoms with Crippen LogP contribution in [0.1, 0.15) is 56.7 Å². The van der Waals surface area contributed by atoms with E-state index in [0.717, 1.165) is 6.42 Å². The molecule has 1 aromatic carbocycles. The van der Waals surface area contributed by atoms with Crippen LogP contribution in [0, 0.1) is 5.82 Å². The third kappa shape index (κ3) is 3.90. The maximum Gasteiger partial charge on any atom is 0.257 e. The predicted octanol–water partition coefficient (Wildman–Crippen LogP) is 2.48. The van der Waals surface area contributed by atoms with E-state index in [1.165, 1.54) is 18.2 Å². The molecular formula is C24H22FN5O3. The first-order valence-electron chi connectivity index (χ1n) is 10.9. The number of halogens is 1. The molecule has 33 heavy (non-hydrogen) atoms. The van der Waals surface area contributed by atoms with Gasteiger partial charge < -0.3 is 14.8 Å². The van der Waals surface area contributed by atoms with E-state index in [4.69, 9.17) is 0 Å². The summed E-state index contributed by atoms with van der Waals surface area (Å²) >= 11 is 0. The van der Waals surface area contributed by atoms with Crippen LogP contribution in [0.3, 0.4) is 0 Å². The molecule has 1 atom stereocenters. The predicted molar refractivity (Wildman–Crippen MR) is 117 cm³/mol. The first kappa shape index (κ1) is 21.0. The van der Waals surface area contributed by atoms with Crippen molar-refractivity contribution in [2.24, 2.45) is 0 Å². The summed E-state index contributed by atoms with van der Waals surface area (Å²) in [4.78, 5) is 53.4. The molecule has 2 aliphatic heterocycles. The van der Waals surface area contributed by atoms with E-state index in [9.17, 15) is 18.8 Å². The highest BCUT2D eigenvalue weighted by molar-refractivity contribution is 5.95. The van der Waals surface area contributed by atoms with Crippen molar-refractivity contribution in [1.82, 2.24) is 24.8 Å². The van der Waals surface area contributed by atoms with Crippen LogP contribution in [0.2, 0.25) is 0 Å². The lowest BCUT2D eigenvalue weighted by molar-refractivity contribution is 0.0724. The number of aromatic nitrogens is 3. The molecule has 3 aromatic rings. The molecule has 0 unspecified atom stereocenters. The summed E-state index contributed by atoms with van der Waals surface area (Å²) in [5.74, 6) is -0.779. The zero-order valence-corrected chi connectivity index (χ0v) is 17.8. The number of aromatic amines is 1. The van der Waals surface area contributed by atoms with Crippen LogP contribution in [0.15, 0.2) is 53.6 Å². The molecule has 8 nitrogen and oxygen atoms in total. The van der Waals surface area contributed by atoms with Crippen LogP contribution in [-0.4, -0.2) is 49.7 Å². The average molecular weight is 447 g/mol. The Morgan fingerprint density at radius 3 is 2.64 bits per heavy atom. The van der Waals surface area contributed by atoms with E-state index >= 15 is 0 Å². The lowest BCUT2D eigenvalue weighted by atomic mass is 10.0. The molecule has 2 aromatic heterocycles. The molecule has 1 fully saturated rings. The van der Waals surface area contributed by atoms with E-state index < -0.39 is 17.8 Å². The van der Waals surface area contributed by atoms with Gasteiger partial charge in [0, 0.05) is 36.6 Å². The topological polar surface area (TPSA) is 99.3 Å². The van der Waals surface area contributed by atoms with Gasteiger partial charge in [0.25, 0.3) is 17.4 Å². The number of H-pyrrole nitrogens is 1. The first-order valence-corrected chi connectivity index (χ1v) is 10.9. The minimum Gasteiger partial charge on any atom is -0.332 e. The van der Waals surface area contributed by atoms with Gasteiger partial charge >= 0.3 is 0 Å². The van der Waals surface area contributed by atoms with Gasteiger partial charge in [-0.15, -0.1) is 0 Å². The Kier molecular flexibility index (Phi) is 5.45. The lowest BCUT2D eigenvalue weighted by Crippen LogP contribution is -2.40. The van der Waals surface area contributed by atoms with Gasteiger partial charge in [-0.3, -0.25) is 19.4 Å². The SMILES string of the molecule is O=C(c1ccncc1)N1CCc2c(nc([C@H]3CCCN3C(=O)c3ccccc3F)[nH]c2=O)C1. The third-order valence-electron chi connectivity index (χ3n) is 6.24. The molecule has 0 saturated carbocycles. The molecule has 9 heteroatoms. The van der Waals surface area contributed by atoms with Gasteiger partial charge in [-0.05, 0) is 43.5 Å². The number of pyridine rings is 1. The van der Waals surface area contributed by atoms with Crippen LogP contribution in [0.25, 0.3) is 0 Å². The van der Waals surface area contributed by atoms with Crippen LogP contribution < -0.4 is 5.56 Å². The second kappa shape index (κ2) is 8.57. The van der Waals surface area contributed by atoms with E-state index in [1.807, 2.05) is 0 Å². The summed E-state index contributed by atoms with van der Waals surface area (Å²) in [6.45, 7) is 1.08. The summed E-state index contributed by atoms with van der Waals surface area (Å²) in [5.41, 5.74) is 1.36. The van der Waals surface area contributed by atoms with E-state index in [1.54, 1.807) is 40.4 Å². The zero-order chi connectivity index (χ0) is 22.9. The Bertz CT molecular complexity index is 1280. The van der Waals surface area contributed by atoms with Crippen molar-refractivity contribution in [3.63, 3.8) is 0 Å². The van der Waals surface area contributed by atoms with E-state index in [0.29, 0.717) is 48.6 Å². The first-order chi connectivity index (χ1) is 16.0. The highest BCUT2D eigenvalue weighted by Gasteiger charge is 2.34. The number of hydrogen-bond donors (Lipinski definition) is 1. The van der Waals surface area contributed by atoms with Crippen LogP contribution >= 0.6 is 0 Å². The summed E-state index contributed by atoms with van der Waals surface area (Å²) in [6, 6.07) is 8.72. The van der Waals surface area contributed by atoms with Gasteiger partial charge in [-0.1, -0.05) is 12.1 Å². The Balaban J connectivity index is 1.43. The minimum atomic E-state index is -0.578. The number of nitrogens with zero attached hydrogens (tertiary/aromatic N) is 4. The molecule has 4 heterocycles. The number of likely N-dealkylation sites (tertiary alicyclic amines) is 1. The number of rotatable bonds is 3. The molecule has 0 spiro atoms. The fourth-order valence-electron chi connectivity index (χ4n) is 4.55. The number of fused-ring (bicyclic) bond motifs is 1. The van der Waals surface area contributed by atoms with E-state index in [2.05, 4.69) is 15.0 Å². The molecule has 2 aliphatic rings. The van der Waals surface area contributed by atoms with Gasteiger partial charge in [-0.2, -0.15) is 0 Å². The van der Waals surface area contributed by atoms with Crippen LogP contribution in [-0.2, 0) is 13.0 Å². The smallest absolute Gasteiger partial charge is 0.257 e. The number of amides is 2. The minimum absolute atomic E-state index is 0.00108. The Hall–Kier alpha value is -3.88. The molecule has 1 N–H and O–H groups in total. The van der Waals surface area contributed by atoms with E-state index in [-0.39, 0.29) is 23.6 Å². The summed E-state index contributed by atoms with van der Waals surface area (Å²) in [6.07, 6.45) is 4.86. The van der Waals surface area contributed by atoms with Gasteiger partial charge in [0.1, 0.15) is 11.6 Å². The highest BCUT2D eigenvalue weighted by Crippen LogP contribution is 2.32. The monoisotopic (exact) mass is 447 g/mol. The summed E-state index contributed by atoms with van der Waals surface area (Å²) < 4.78 is 14.2. The molecule has 0 aliphatic carbocycles. The molecule has 5 rings (SSSR count). The largest absolute Gasteiger partial charge is 0.332 e. The molecule has 0 radical (unpaired) electrons. The zero-order valence-electron chi connectivity index (χ0n) is 17.8. The number of benzene rings is 1. The van der Waals surface area contributed by atoms with Crippen molar-refractivity contribution in [3.05, 3.63) is 93.2 Å². The summed E-state index contributed by atoms with van der Waals surface area (Å²) in [7, 11) is 0. The lowest BCUT2D eigenvalue weighted by Gasteiger charge is -2.29. The maximum absolute atomic E-state index is 14.2. The molecular weight excluding hydrogens is 425 g/mol. The highest BCUT2D eigenvalue weighted by atomic mass is 19.1. The maximum atomic E-state index is 14.2. The van der Waals surface area contributed by atoms with Crippen molar-refractivity contribution in [1.29, 1.82) is 0 Å². The quantitative estimate of drug-likeness (QED) is 0.665. The Morgan fingerprint density at radius 1 is 1.06 bits per heavy atom. The van der Waals surface area contributed by atoms with Gasteiger partial charge in [0.2, 0.25) is 0 Å². The Labute approximate surface area is 189 Å². The van der Waals surface area contributed by atoms with Gasteiger partial charge in [0.05, 0.1) is 23.8 Å². The molecule has 2 amide bonds. The number of hydrogen-bond acceptors (Lipinski definition) is 5. The van der Waals surface area contributed by atoms with Crippen molar-refractivity contribution in [2.75, 3.05) is 13.1 Å². The van der Waals surface area contributed by atoms with Crippen molar-refractivity contribution >= 4 is 11.8 Å².